The van der Waals surface area contributed by atoms with Crippen molar-refractivity contribution in [1.82, 2.24) is 20.4 Å². The molecule has 0 saturated carbocycles. The van der Waals surface area contributed by atoms with Crippen LogP contribution in [0.3, 0.4) is 0 Å². The van der Waals surface area contributed by atoms with Crippen molar-refractivity contribution in [2.24, 2.45) is 0 Å². The van der Waals surface area contributed by atoms with Crippen molar-refractivity contribution >= 4 is 11.9 Å². The van der Waals surface area contributed by atoms with Gasteiger partial charge in [0.05, 0.1) is 0 Å². The van der Waals surface area contributed by atoms with Crippen LogP contribution in [0.25, 0.3) is 0 Å². The van der Waals surface area contributed by atoms with E-state index in [2.05, 4.69) is 22.1 Å². The van der Waals surface area contributed by atoms with Gasteiger partial charge in [0, 0.05) is 51.4 Å². The molecule has 0 atom stereocenters. The van der Waals surface area contributed by atoms with Crippen molar-refractivity contribution in [1.29, 1.82) is 0 Å². The molecule has 2 N–H and O–H groups in total. The van der Waals surface area contributed by atoms with Gasteiger partial charge in [-0.15, -0.1) is 6.58 Å². The second kappa shape index (κ2) is 8.57. The number of nitrogens with one attached hydrogen (secondary N) is 2. The summed E-state index contributed by atoms with van der Waals surface area (Å²) in [7, 11) is 0. The summed E-state index contributed by atoms with van der Waals surface area (Å²) in [6.07, 6.45) is 1.66. The van der Waals surface area contributed by atoms with E-state index in [4.69, 9.17) is 9.47 Å². The number of piperazine rings is 1. The number of amides is 3. The maximum atomic E-state index is 12.2. The first-order valence-electron chi connectivity index (χ1n) is 8.71. The molecule has 2 aliphatic heterocycles. The van der Waals surface area contributed by atoms with Crippen molar-refractivity contribution < 1.29 is 19.1 Å². The zero-order chi connectivity index (χ0) is 18.4. The lowest BCUT2D eigenvalue weighted by atomic mass is 10.2. The molecule has 2 heterocycles. The maximum Gasteiger partial charge on any atom is 0.317 e. The number of rotatable bonds is 6. The zero-order valence-electron chi connectivity index (χ0n) is 14.7. The van der Waals surface area contributed by atoms with E-state index in [1.165, 1.54) is 0 Å². The normalized spacial score (nSPS) is 16.2. The molecule has 0 aliphatic carbocycles. The van der Waals surface area contributed by atoms with Crippen molar-refractivity contribution in [3.8, 4) is 11.5 Å². The Labute approximate surface area is 152 Å². The van der Waals surface area contributed by atoms with Crippen molar-refractivity contribution in [3.05, 3.63) is 36.4 Å². The quantitative estimate of drug-likeness (QED) is 0.728. The molecular formula is C18H24N4O4. The monoisotopic (exact) mass is 360 g/mol. The van der Waals surface area contributed by atoms with Crippen molar-refractivity contribution in [2.75, 3.05) is 52.6 Å². The molecule has 1 saturated heterocycles. The molecule has 0 bridgehead atoms. The Morgan fingerprint density at radius 1 is 1.12 bits per heavy atom. The van der Waals surface area contributed by atoms with Crippen molar-refractivity contribution in [3.63, 3.8) is 0 Å². The fourth-order valence-corrected chi connectivity index (χ4v) is 2.91. The Morgan fingerprint density at radius 2 is 1.88 bits per heavy atom. The molecular weight excluding hydrogens is 336 g/mol. The largest absolute Gasteiger partial charge is 0.454 e. The molecule has 140 valence electrons. The summed E-state index contributed by atoms with van der Waals surface area (Å²) in [5.74, 6) is 1.13. The predicted octanol–water partition coefficient (Wildman–Crippen LogP) is 0.658. The smallest absolute Gasteiger partial charge is 0.317 e. The molecule has 1 fully saturated rings. The Morgan fingerprint density at radius 3 is 2.65 bits per heavy atom. The summed E-state index contributed by atoms with van der Waals surface area (Å²) in [5, 5.41) is 5.70. The first-order chi connectivity index (χ1) is 12.7. The van der Waals surface area contributed by atoms with Gasteiger partial charge in [-0.2, -0.15) is 0 Å². The van der Waals surface area contributed by atoms with Gasteiger partial charge in [0.2, 0.25) is 6.79 Å². The summed E-state index contributed by atoms with van der Waals surface area (Å²) >= 11 is 0. The minimum Gasteiger partial charge on any atom is -0.454 e. The van der Waals surface area contributed by atoms with Gasteiger partial charge in [0.1, 0.15) is 0 Å². The average Bonchev–Trinajstić information content (AvgIpc) is 3.14. The summed E-state index contributed by atoms with van der Waals surface area (Å²) < 4.78 is 10.5. The number of fused-ring (bicyclic) bond motifs is 1. The van der Waals surface area contributed by atoms with Crippen LogP contribution in [-0.4, -0.2) is 74.3 Å². The van der Waals surface area contributed by atoms with Crippen LogP contribution in [0.15, 0.2) is 30.9 Å². The third-order valence-corrected chi connectivity index (χ3v) is 4.41. The minimum atomic E-state index is -0.134. The van der Waals surface area contributed by atoms with Gasteiger partial charge in [-0.05, 0) is 18.2 Å². The molecule has 0 aromatic heterocycles. The molecule has 3 amide bonds. The van der Waals surface area contributed by atoms with E-state index in [0.717, 1.165) is 19.6 Å². The van der Waals surface area contributed by atoms with E-state index in [1.807, 2.05) is 0 Å². The molecule has 8 heteroatoms. The first-order valence-corrected chi connectivity index (χ1v) is 8.71. The Kier molecular flexibility index (Phi) is 5.96. The van der Waals surface area contributed by atoms with Crippen LogP contribution in [0, 0.1) is 0 Å². The second-order valence-corrected chi connectivity index (χ2v) is 6.13. The molecule has 0 radical (unpaired) electrons. The lowest BCUT2D eigenvalue weighted by Crippen LogP contribution is -2.52. The van der Waals surface area contributed by atoms with Gasteiger partial charge >= 0.3 is 6.03 Å². The standard InChI is InChI=1S/C18H24N4O4/c1-2-5-20-18(24)22-10-8-21(9-11-22)7-6-19-17(23)14-3-4-15-16(12-14)26-13-25-15/h2-4,12H,1,5-11,13H2,(H,19,23)(H,20,24). The van der Waals surface area contributed by atoms with Crippen LogP contribution in [-0.2, 0) is 0 Å². The van der Waals surface area contributed by atoms with E-state index in [9.17, 15) is 9.59 Å². The van der Waals surface area contributed by atoms with E-state index in [-0.39, 0.29) is 18.7 Å². The SMILES string of the molecule is C=CCNC(=O)N1CCN(CCNC(=O)c2ccc3c(c2)OCO3)CC1. The third-order valence-electron chi connectivity index (χ3n) is 4.41. The molecule has 26 heavy (non-hydrogen) atoms. The highest BCUT2D eigenvalue weighted by atomic mass is 16.7. The minimum absolute atomic E-state index is 0.0549. The first kappa shape index (κ1) is 18.1. The number of ether oxygens (including phenoxy) is 2. The Bertz CT molecular complexity index is 671. The van der Waals surface area contributed by atoms with Gasteiger partial charge in [0.25, 0.3) is 5.91 Å². The second-order valence-electron chi connectivity index (χ2n) is 6.13. The molecule has 2 aliphatic rings. The highest BCUT2D eigenvalue weighted by Crippen LogP contribution is 2.32. The van der Waals surface area contributed by atoms with Crippen LogP contribution < -0.4 is 20.1 Å². The molecule has 1 aromatic carbocycles. The number of nitrogens with zero attached hydrogens (tertiary/aromatic N) is 2. The van der Waals surface area contributed by atoms with Crippen LogP contribution in [0.2, 0.25) is 0 Å². The molecule has 1 aromatic rings. The van der Waals surface area contributed by atoms with Crippen LogP contribution in [0.5, 0.6) is 11.5 Å². The molecule has 3 rings (SSSR count). The Hall–Kier alpha value is -2.74. The summed E-state index contributed by atoms with van der Waals surface area (Å²) in [4.78, 5) is 28.1. The van der Waals surface area contributed by atoms with Gasteiger partial charge in [0.15, 0.2) is 11.5 Å². The maximum absolute atomic E-state index is 12.2. The fourth-order valence-electron chi connectivity index (χ4n) is 2.91. The lowest BCUT2D eigenvalue weighted by Gasteiger charge is -2.34. The zero-order valence-corrected chi connectivity index (χ0v) is 14.7. The number of urea groups is 1. The topological polar surface area (TPSA) is 83.1 Å². The highest BCUT2D eigenvalue weighted by molar-refractivity contribution is 5.94. The van der Waals surface area contributed by atoms with E-state index in [0.29, 0.717) is 43.2 Å². The number of carbonyl (C=O) groups excluding carboxylic acids is 2. The summed E-state index contributed by atoms with van der Waals surface area (Å²) in [6.45, 7) is 8.50. The number of hydrogen-bond acceptors (Lipinski definition) is 5. The molecule has 0 spiro atoms. The predicted molar refractivity (Wildman–Crippen MR) is 96.5 cm³/mol. The summed E-state index contributed by atoms with van der Waals surface area (Å²) in [5.41, 5.74) is 0.554. The highest BCUT2D eigenvalue weighted by Gasteiger charge is 2.20. The Balaban J connectivity index is 1.37. The van der Waals surface area contributed by atoms with Gasteiger partial charge in [-0.25, -0.2) is 4.79 Å². The van der Waals surface area contributed by atoms with E-state index >= 15 is 0 Å². The molecule has 8 nitrogen and oxygen atoms in total. The van der Waals surface area contributed by atoms with E-state index < -0.39 is 0 Å². The van der Waals surface area contributed by atoms with Gasteiger partial charge in [-0.3, -0.25) is 9.69 Å². The summed E-state index contributed by atoms with van der Waals surface area (Å²) in [6, 6.07) is 5.11. The lowest BCUT2D eigenvalue weighted by molar-refractivity contribution is 0.0941. The number of carbonyl (C=O) groups is 2. The third kappa shape index (κ3) is 4.45. The number of hydrogen-bond donors (Lipinski definition) is 2. The fraction of sp³-hybridized carbons (Fsp3) is 0.444. The van der Waals surface area contributed by atoms with Crippen LogP contribution >= 0.6 is 0 Å². The van der Waals surface area contributed by atoms with Crippen LogP contribution in [0.4, 0.5) is 4.79 Å². The van der Waals surface area contributed by atoms with E-state index in [1.54, 1.807) is 29.2 Å². The van der Waals surface area contributed by atoms with Crippen molar-refractivity contribution in [2.45, 2.75) is 0 Å². The van der Waals surface area contributed by atoms with Crippen LogP contribution in [0.1, 0.15) is 10.4 Å². The number of benzene rings is 1. The van der Waals surface area contributed by atoms with Gasteiger partial charge < -0.3 is 25.0 Å². The van der Waals surface area contributed by atoms with Gasteiger partial charge in [-0.1, -0.05) is 6.08 Å². The average molecular weight is 360 g/mol. The molecule has 0 unspecified atom stereocenters.